The fourth-order valence-electron chi connectivity index (χ4n) is 10.7. The summed E-state index contributed by atoms with van der Waals surface area (Å²) in [7, 11) is 0. The van der Waals surface area contributed by atoms with Gasteiger partial charge in [-0.2, -0.15) is 0 Å². The van der Waals surface area contributed by atoms with Crippen LogP contribution in [0.2, 0.25) is 0 Å². The van der Waals surface area contributed by atoms with E-state index in [1.165, 1.54) is 308 Å². The third-order valence-corrected chi connectivity index (χ3v) is 15.8. The molecule has 0 heterocycles. The molecule has 5 nitrogen and oxygen atoms in total. The maximum absolute atomic E-state index is 12.6. The molecule has 0 aromatic carbocycles. The summed E-state index contributed by atoms with van der Waals surface area (Å²) >= 11 is 0. The van der Waals surface area contributed by atoms with Crippen molar-refractivity contribution in [2.24, 2.45) is 0 Å². The predicted molar refractivity (Wildman–Crippen MR) is 319 cm³/mol. The molecule has 3 unspecified atom stereocenters. The molecule has 0 aromatic heterocycles. The summed E-state index contributed by atoms with van der Waals surface area (Å²) in [6, 6.07) is -0.809. The Hall–Kier alpha value is -1.17. The highest BCUT2D eigenvalue weighted by atomic mass is 16.3. The van der Waals surface area contributed by atoms with Gasteiger partial charge in [-0.3, -0.25) is 4.79 Å². The first-order valence-electron chi connectivity index (χ1n) is 33.1. The third kappa shape index (κ3) is 56.6. The number of carbonyl (C=O) groups is 1. The summed E-state index contributed by atoms with van der Waals surface area (Å²) in [5, 5.41) is 33.9. The van der Waals surface area contributed by atoms with Gasteiger partial charge in [-0.25, -0.2) is 0 Å². The number of rotatable bonds is 62. The van der Waals surface area contributed by atoms with Crippen molar-refractivity contribution in [1.29, 1.82) is 0 Å². The van der Waals surface area contributed by atoms with Gasteiger partial charge < -0.3 is 20.6 Å². The lowest BCUT2D eigenvalue weighted by Crippen LogP contribution is -2.50. The lowest BCUT2D eigenvalue weighted by atomic mass is 9.99. The van der Waals surface area contributed by atoms with Crippen molar-refractivity contribution in [1.82, 2.24) is 5.32 Å². The molecule has 0 saturated carbocycles. The Morgan fingerprint density at radius 3 is 0.875 bits per heavy atom. The zero-order valence-electron chi connectivity index (χ0n) is 49.1. The van der Waals surface area contributed by atoms with Gasteiger partial charge in [0.05, 0.1) is 18.8 Å². The highest BCUT2D eigenvalue weighted by Crippen LogP contribution is 2.19. The van der Waals surface area contributed by atoms with E-state index in [0.717, 1.165) is 38.5 Å². The second-order valence-corrected chi connectivity index (χ2v) is 23.0. The molecule has 0 saturated heterocycles. The normalized spacial score (nSPS) is 13.2. The molecule has 0 aliphatic carbocycles. The number of aliphatic hydroxyl groups is 3. The number of unbranched alkanes of at least 4 members (excludes halogenated alkanes) is 50. The molecule has 0 spiro atoms. The Kier molecular flexibility index (Phi) is 61.4. The van der Waals surface area contributed by atoms with Crippen LogP contribution in [0.15, 0.2) is 24.3 Å². The van der Waals surface area contributed by atoms with Crippen LogP contribution in [0.25, 0.3) is 0 Å². The smallest absolute Gasteiger partial charge is 0.220 e. The standard InChI is InChI=1S/C67H131NO4/c1-3-5-7-9-11-13-15-17-19-21-23-25-27-28-29-30-31-32-33-34-35-36-37-38-40-42-44-46-48-50-52-54-56-58-60-62-66(71)68-64(63-69)67(72)65(70)61-59-57-55-53-51-49-47-45-43-41-39-26-24-22-20-18-16-14-12-10-8-6-4-2/h27-28,30-31,64-65,67,69-70,72H,3-26,29,32-63H2,1-2H3,(H,68,71)/b28-27-,31-30-. The van der Waals surface area contributed by atoms with E-state index < -0.39 is 18.2 Å². The molecule has 0 aromatic rings. The Bertz CT molecular complexity index is 1080. The van der Waals surface area contributed by atoms with Gasteiger partial charge in [-0.05, 0) is 44.9 Å². The lowest BCUT2D eigenvalue weighted by Gasteiger charge is -2.26. The highest BCUT2D eigenvalue weighted by Gasteiger charge is 2.26. The van der Waals surface area contributed by atoms with Crippen molar-refractivity contribution in [3.8, 4) is 0 Å². The van der Waals surface area contributed by atoms with Crippen LogP contribution in [-0.4, -0.2) is 46.1 Å². The van der Waals surface area contributed by atoms with Crippen LogP contribution in [-0.2, 0) is 4.79 Å². The van der Waals surface area contributed by atoms with Crippen molar-refractivity contribution in [2.75, 3.05) is 6.61 Å². The molecule has 0 bridgehead atoms. The van der Waals surface area contributed by atoms with Gasteiger partial charge in [0, 0.05) is 6.42 Å². The zero-order chi connectivity index (χ0) is 52.2. The average molecular weight is 1010 g/mol. The molecule has 5 heteroatoms. The molecule has 4 N–H and O–H groups in total. The Labute approximate surface area is 452 Å². The summed E-state index contributed by atoms with van der Waals surface area (Å²) in [5.74, 6) is -0.137. The fraction of sp³-hybridized carbons (Fsp3) is 0.925. The van der Waals surface area contributed by atoms with Crippen molar-refractivity contribution in [2.45, 2.75) is 392 Å². The molecule has 0 aliphatic rings. The van der Waals surface area contributed by atoms with Gasteiger partial charge in [-0.1, -0.05) is 346 Å². The first-order valence-corrected chi connectivity index (χ1v) is 33.1. The van der Waals surface area contributed by atoms with E-state index in [-0.39, 0.29) is 12.5 Å². The molecule has 0 aliphatic heterocycles. The number of aliphatic hydroxyl groups excluding tert-OH is 3. The van der Waals surface area contributed by atoms with Gasteiger partial charge in [0.15, 0.2) is 0 Å². The summed E-state index contributed by atoms with van der Waals surface area (Å²) in [6.07, 6.45) is 80.9. The topological polar surface area (TPSA) is 89.8 Å². The second-order valence-electron chi connectivity index (χ2n) is 23.0. The summed E-state index contributed by atoms with van der Waals surface area (Å²) < 4.78 is 0. The quantitative estimate of drug-likeness (QED) is 0.0361. The lowest BCUT2D eigenvalue weighted by molar-refractivity contribution is -0.124. The van der Waals surface area contributed by atoms with Crippen molar-refractivity contribution in [3.63, 3.8) is 0 Å². The van der Waals surface area contributed by atoms with E-state index in [0.29, 0.717) is 12.8 Å². The predicted octanol–water partition coefficient (Wildman–Crippen LogP) is 21.2. The largest absolute Gasteiger partial charge is 0.394 e. The number of hydrogen-bond donors (Lipinski definition) is 4. The van der Waals surface area contributed by atoms with Gasteiger partial charge in [0.25, 0.3) is 0 Å². The molecule has 1 amide bonds. The number of hydrogen-bond acceptors (Lipinski definition) is 4. The molecule has 0 rings (SSSR count). The Morgan fingerprint density at radius 2 is 0.597 bits per heavy atom. The van der Waals surface area contributed by atoms with Gasteiger partial charge in [0.1, 0.15) is 6.10 Å². The Balaban J connectivity index is 3.47. The van der Waals surface area contributed by atoms with Crippen LogP contribution in [0.1, 0.15) is 373 Å². The summed E-state index contributed by atoms with van der Waals surface area (Å²) in [4.78, 5) is 12.6. The molecule has 428 valence electrons. The molecular formula is C67H131NO4. The Morgan fingerprint density at radius 1 is 0.347 bits per heavy atom. The van der Waals surface area contributed by atoms with E-state index in [9.17, 15) is 20.1 Å². The van der Waals surface area contributed by atoms with Crippen LogP contribution in [0.4, 0.5) is 0 Å². The minimum Gasteiger partial charge on any atom is -0.394 e. The zero-order valence-corrected chi connectivity index (χ0v) is 49.1. The first-order chi connectivity index (χ1) is 35.6. The van der Waals surface area contributed by atoms with Gasteiger partial charge >= 0.3 is 0 Å². The maximum atomic E-state index is 12.6. The van der Waals surface area contributed by atoms with Crippen LogP contribution >= 0.6 is 0 Å². The molecule has 0 radical (unpaired) electrons. The second kappa shape index (κ2) is 62.4. The van der Waals surface area contributed by atoms with Gasteiger partial charge in [0.2, 0.25) is 5.91 Å². The van der Waals surface area contributed by atoms with Crippen molar-refractivity contribution in [3.05, 3.63) is 24.3 Å². The molecule has 3 atom stereocenters. The first kappa shape index (κ1) is 70.8. The maximum Gasteiger partial charge on any atom is 0.220 e. The number of allylic oxidation sites excluding steroid dienone is 4. The monoisotopic (exact) mass is 1010 g/mol. The van der Waals surface area contributed by atoms with Crippen LogP contribution in [0, 0.1) is 0 Å². The van der Waals surface area contributed by atoms with Crippen LogP contribution < -0.4 is 5.32 Å². The third-order valence-electron chi connectivity index (χ3n) is 15.8. The van der Waals surface area contributed by atoms with E-state index in [1.54, 1.807) is 0 Å². The SMILES string of the molecule is CCCCCCCCCCCCC/C=C\C/C=C\CCCCCCCCCCCCCCCCCCCC(=O)NC(CO)C(O)C(O)CCCCCCCCCCCCCCCCCCCCCCCCC. The average Bonchev–Trinajstić information content (AvgIpc) is 3.39. The van der Waals surface area contributed by atoms with Crippen molar-refractivity contribution >= 4 is 5.91 Å². The minimum absolute atomic E-state index is 0.137. The molecule has 72 heavy (non-hydrogen) atoms. The van der Waals surface area contributed by atoms with Crippen molar-refractivity contribution < 1.29 is 20.1 Å². The van der Waals surface area contributed by atoms with Crippen LogP contribution in [0.3, 0.4) is 0 Å². The van der Waals surface area contributed by atoms with Crippen LogP contribution in [0.5, 0.6) is 0 Å². The van der Waals surface area contributed by atoms with E-state index in [2.05, 4.69) is 43.5 Å². The molecular weight excluding hydrogens is 883 g/mol. The summed E-state index contributed by atoms with van der Waals surface area (Å²) in [6.45, 7) is 4.23. The highest BCUT2D eigenvalue weighted by molar-refractivity contribution is 5.76. The van der Waals surface area contributed by atoms with E-state index in [4.69, 9.17) is 0 Å². The van der Waals surface area contributed by atoms with E-state index >= 15 is 0 Å². The molecule has 0 fully saturated rings. The van der Waals surface area contributed by atoms with E-state index in [1.807, 2.05) is 0 Å². The fourth-order valence-corrected chi connectivity index (χ4v) is 10.7. The van der Waals surface area contributed by atoms with Gasteiger partial charge in [-0.15, -0.1) is 0 Å². The number of nitrogens with one attached hydrogen (secondary N) is 1. The minimum atomic E-state index is -1.14. The number of amides is 1. The summed E-state index contributed by atoms with van der Waals surface area (Å²) in [5.41, 5.74) is 0. The number of carbonyl (C=O) groups excluding carboxylic acids is 1.